The maximum absolute atomic E-state index is 12.8. The number of rotatable bonds is 11. The monoisotopic (exact) mass is 758 g/mol. The van der Waals surface area contributed by atoms with Gasteiger partial charge in [0.05, 0.1) is 24.3 Å². The van der Waals surface area contributed by atoms with Crippen LogP contribution < -0.4 is 9.47 Å². The smallest absolute Gasteiger partial charge is 0.343 e. The van der Waals surface area contributed by atoms with Crippen LogP contribution in [0.5, 0.6) is 11.5 Å². The summed E-state index contributed by atoms with van der Waals surface area (Å²) in [6.07, 6.45) is 8.36. The van der Waals surface area contributed by atoms with Crippen LogP contribution in [-0.4, -0.2) is 22.2 Å². The van der Waals surface area contributed by atoms with Gasteiger partial charge in [0.15, 0.2) is 0 Å². The molecule has 8 aromatic rings. The molecule has 2 N–H and O–H groups in total. The molecule has 282 valence electrons. The zero-order chi connectivity index (χ0) is 39.8. The fourth-order valence-corrected chi connectivity index (χ4v) is 7.00. The quantitative estimate of drug-likeness (QED) is 0.0775. The second-order valence-electron chi connectivity index (χ2n) is 13.8. The summed E-state index contributed by atoms with van der Waals surface area (Å²) < 4.78 is 11.2. The van der Waals surface area contributed by atoms with Crippen LogP contribution in [0.4, 0.5) is 0 Å². The van der Waals surface area contributed by atoms with Gasteiger partial charge in [0.25, 0.3) is 0 Å². The fraction of sp³-hybridized carbons (Fsp3) is 0.0385. The van der Waals surface area contributed by atoms with Crippen molar-refractivity contribution >= 4 is 57.8 Å². The van der Waals surface area contributed by atoms with Gasteiger partial charge in [-0.3, -0.25) is 0 Å². The molecule has 0 heterocycles. The minimum Gasteiger partial charge on any atom is -0.423 e. The summed E-state index contributed by atoms with van der Waals surface area (Å²) in [5.74, 6) is -0.121. The first-order chi connectivity index (χ1) is 28.4. The zero-order valence-corrected chi connectivity index (χ0v) is 31.4. The summed E-state index contributed by atoms with van der Waals surface area (Å²) in [6.45, 7) is -0.305. The molecule has 0 fully saturated rings. The second-order valence-corrected chi connectivity index (χ2v) is 13.8. The zero-order valence-electron chi connectivity index (χ0n) is 31.4. The lowest BCUT2D eigenvalue weighted by Crippen LogP contribution is -2.08. The Morgan fingerprint density at radius 2 is 0.845 bits per heavy atom. The summed E-state index contributed by atoms with van der Waals surface area (Å²) in [4.78, 5) is 25.5. The number of hydrogen-bond acceptors (Lipinski definition) is 6. The van der Waals surface area contributed by atoms with E-state index in [1.54, 1.807) is 72.8 Å². The van der Waals surface area contributed by atoms with Gasteiger partial charge in [0.2, 0.25) is 0 Å². The van der Waals surface area contributed by atoms with E-state index in [9.17, 15) is 19.8 Å². The average Bonchev–Trinajstić information content (AvgIpc) is 3.28. The maximum Gasteiger partial charge on any atom is 0.343 e. The largest absolute Gasteiger partial charge is 0.423 e. The van der Waals surface area contributed by atoms with Crippen LogP contribution in [0.1, 0.15) is 54.1 Å². The van der Waals surface area contributed by atoms with Crippen molar-refractivity contribution in [1.82, 2.24) is 0 Å². The Morgan fingerprint density at radius 3 is 1.26 bits per heavy atom. The summed E-state index contributed by atoms with van der Waals surface area (Å²) in [5.41, 5.74) is 8.21. The van der Waals surface area contributed by atoms with Crippen LogP contribution in [0.2, 0.25) is 0 Å². The van der Waals surface area contributed by atoms with Crippen LogP contribution in [0.25, 0.3) is 57.0 Å². The van der Waals surface area contributed by atoms with Crippen molar-refractivity contribution in [2.75, 3.05) is 0 Å². The second kappa shape index (κ2) is 17.2. The van der Waals surface area contributed by atoms with Crippen LogP contribution >= 0.6 is 0 Å². The fourth-order valence-electron chi connectivity index (χ4n) is 7.00. The van der Waals surface area contributed by atoms with E-state index in [-0.39, 0.29) is 13.2 Å². The molecule has 0 spiro atoms. The van der Waals surface area contributed by atoms with E-state index in [0.29, 0.717) is 33.8 Å². The third-order valence-corrected chi connectivity index (χ3v) is 9.96. The van der Waals surface area contributed by atoms with E-state index >= 15 is 0 Å². The Kier molecular flexibility index (Phi) is 11.1. The topological polar surface area (TPSA) is 93.1 Å². The van der Waals surface area contributed by atoms with Crippen molar-refractivity contribution in [3.05, 3.63) is 214 Å². The molecule has 0 amide bonds. The summed E-state index contributed by atoms with van der Waals surface area (Å²) in [7, 11) is 0. The molecule has 0 bridgehead atoms. The molecule has 0 unspecified atom stereocenters. The first-order valence-electron chi connectivity index (χ1n) is 18.9. The Bertz CT molecular complexity index is 2640. The number of ether oxygens (including phenoxy) is 2. The standard InChI is InChI=1S/C52H38O6/c53-33-37-7-5-11-43(31-37)51(55)57-45-27-17-35(18-28-45)15-21-41-25-23-39-9-1-3-13-47(39)49(41)50-42(26-24-40-10-2-4-14-48(40)50)22-16-36-19-29-46(30-20-36)58-52(56)44-12-6-8-38(32-44)34-54/h1-32,53-54H,33-34H2/b21-15-,22-16-. The van der Waals surface area contributed by atoms with Gasteiger partial charge in [-0.1, -0.05) is 146 Å². The Labute approximate surface area is 336 Å². The van der Waals surface area contributed by atoms with Crippen LogP contribution in [-0.2, 0) is 13.2 Å². The molecule has 0 saturated heterocycles. The van der Waals surface area contributed by atoms with Crippen LogP contribution in [0, 0.1) is 0 Å². The summed E-state index contributed by atoms with van der Waals surface area (Å²) in [5, 5.41) is 23.4. The SMILES string of the molecule is O=C(Oc1ccc(/C=C\c2ccc3ccccc3c2-c2c(/C=C\c3ccc(OC(=O)c4cccc(CO)c4)cc3)ccc3ccccc23)cc1)c1cccc(CO)c1. The van der Waals surface area contributed by atoms with E-state index in [1.165, 1.54) is 0 Å². The van der Waals surface area contributed by atoms with Crippen LogP contribution in [0.15, 0.2) is 170 Å². The highest BCUT2D eigenvalue weighted by molar-refractivity contribution is 6.11. The third-order valence-electron chi connectivity index (χ3n) is 9.96. The van der Waals surface area contributed by atoms with Gasteiger partial charge in [0, 0.05) is 0 Å². The Hall–Kier alpha value is -7.38. The number of aliphatic hydroxyl groups excluding tert-OH is 2. The van der Waals surface area contributed by atoms with Crippen molar-refractivity contribution in [2.24, 2.45) is 0 Å². The van der Waals surface area contributed by atoms with E-state index in [2.05, 4.69) is 97.1 Å². The lowest BCUT2D eigenvalue weighted by molar-refractivity contribution is 0.0725. The highest BCUT2D eigenvalue weighted by Gasteiger charge is 2.16. The molecular formula is C52H38O6. The summed E-state index contributed by atoms with van der Waals surface area (Å²) >= 11 is 0. The van der Waals surface area contributed by atoms with Crippen molar-refractivity contribution in [1.29, 1.82) is 0 Å². The number of carbonyl (C=O) groups excluding carboxylic acids is 2. The molecule has 0 saturated carbocycles. The molecule has 0 aliphatic carbocycles. The Morgan fingerprint density at radius 1 is 0.431 bits per heavy atom. The number of benzene rings is 8. The van der Waals surface area contributed by atoms with E-state index in [1.807, 2.05) is 24.3 Å². The van der Waals surface area contributed by atoms with E-state index in [0.717, 1.165) is 54.9 Å². The Balaban J connectivity index is 1.10. The van der Waals surface area contributed by atoms with Gasteiger partial charge >= 0.3 is 11.9 Å². The van der Waals surface area contributed by atoms with Crippen molar-refractivity contribution < 1.29 is 29.3 Å². The molecular weight excluding hydrogens is 721 g/mol. The third kappa shape index (κ3) is 8.39. The number of aliphatic hydroxyl groups is 2. The number of esters is 2. The molecule has 6 nitrogen and oxygen atoms in total. The number of hydrogen-bond donors (Lipinski definition) is 2. The first-order valence-corrected chi connectivity index (χ1v) is 18.9. The lowest BCUT2D eigenvalue weighted by Gasteiger charge is -2.17. The number of carbonyl (C=O) groups is 2. The normalized spacial score (nSPS) is 11.4. The van der Waals surface area contributed by atoms with Crippen LogP contribution in [0.3, 0.4) is 0 Å². The minimum atomic E-state index is -0.487. The van der Waals surface area contributed by atoms with E-state index in [4.69, 9.17) is 9.47 Å². The average molecular weight is 759 g/mol. The molecule has 0 atom stereocenters. The molecule has 58 heavy (non-hydrogen) atoms. The molecule has 6 heteroatoms. The van der Waals surface area contributed by atoms with Gasteiger partial charge in [-0.25, -0.2) is 9.59 Å². The predicted octanol–water partition coefficient (Wildman–Crippen LogP) is 11.4. The molecule has 0 radical (unpaired) electrons. The highest BCUT2D eigenvalue weighted by atomic mass is 16.5. The minimum absolute atomic E-state index is 0.153. The van der Waals surface area contributed by atoms with Gasteiger partial charge in [-0.2, -0.15) is 0 Å². The van der Waals surface area contributed by atoms with Crippen molar-refractivity contribution in [3.63, 3.8) is 0 Å². The first kappa shape index (κ1) is 37.5. The predicted molar refractivity (Wildman–Crippen MR) is 232 cm³/mol. The molecule has 0 aliphatic heterocycles. The van der Waals surface area contributed by atoms with E-state index < -0.39 is 11.9 Å². The molecule has 0 aliphatic rings. The molecule has 8 rings (SSSR count). The van der Waals surface area contributed by atoms with Crippen molar-refractivity contribution in [3.8, 4) is 22.6 Å². The van der Waals surface area contributed by atoms with Gasteiger partial charge in [-0.05, 0) is 115 Å². The maximum atomic E-state index is 12.8. The van der Waals surface area contributed by atoms with Gasteiger partial charge < -0.3 is 19.7 Å². The van der Waals surface area contributed by atoms with Gasteiger partial charge in [-0.15, -0.1) is 0 Å². The van der Waals surface area contributed by atoms with Gasteiger partial charge in [0.1, 0.15) is 11.5 Å². The number of fused-ring (bicyclic) bond motifs is 2. The highest BCUT2D eigenvalue weighted by Crippen LogP contribution is 2.40. The lowest BCUT2D eigenvalue weighted by atomic mass is 9.86. The molecule has 0 aromatic heterocycles. The summed E-state index contributed by atoms with van der Waals surface area (Å²) in [6, 6.07) is 53.7. The molecule has 8 aromatic carbocycles. The van der Waals surface area contributed by atoms with Crippen molar-refractivity contribution in [2.45, 2.75) is 13.2 Å².